The lowest BCUT2D eigenvalue weighted by Gasteiger charge is -2.31. The summed E-state index contributed by atoms with van der Waals surface area (Å²) in [5, 5.41) is 0. The van der Waals surface area contributed by atoms with E-state index >= 15 is 0 Å². The monoisotopic (exact) mass is 370 g/mol. The van der Waals surface area contributed by atoms with Gasteiger partial charge < -0.3 is 0 Å². The molecule has 0 nitrogen and oxygen atoms in total. The topological polar surface area (TPSA) is 0 Å². The Hall–Kier alpha value is -1.11. The molecule has 0 spiro atoms. The van der Waals surface area contributed by atoms with E-state index in [1.54, 1.807) is 12.1 Å². The summed E-state index contributed by atoms with van der Waals surface area (Å²) in [7, 11) is 0. The quantitative estimate of drug-likeness (QED) is 0.318. The molecule has 3 rings (SSSR count). The third kappa shape index (κ3) is 6.77. The van der Waals surface area contributed by atoms with Crippen LogP contribution in [-0.4, -0.2) is 0 Å². The number of rotatable bonds is 8. The lowest BCUT2D eigenvalue weighted by molar-refractivity contribution is 0.246. The van der Waals surface area contributed by atoms with Gasteiger partial charge in [-0.05, 0) is 99.2 Å². The molecule has 2 saturated carbocycles. The van der Waals surface area contributed by atoms with Crippen LogP contribution < -0.4 is 0 Å². The molecule has 150 valence electrons. The minimum atomic E-state index is -0.112. The Morgan fingerprint density at radius 1 is 0.852 bits per heavy atom. The smallest absolute Gasteiger partial charge is 0.123 e. The van der Waals surface area contributed by atoms with Crippen LogP contribution in [0.2, 0.25) is 0 Å². The first-order chi connectivity index (χ1) is 13.2. The Morgan fingerprint density at radius 3 is 2.04 bits per heavy atom. The Labute approximate surface area is 166 Å². The first-order valence-electron chi connectivity index (χ1n) is 11.7. The number of halogens is 1. The Morgan fingerprint density at radius 2 is 1.44 bits per heavy atom. The van der Waals surface area contributed by atoms with Gasteiger partial charge in [-0.1, -0.05) is 56.9 Å². The van der Waals surface area contributed by atoms with Gasteiger partial charge in [0, 0.05) is 0 Å². The van der Waals surface area contributed by atoms with Crippen LogP contribution in [0.25, 0.3) is 0 Å². The van der Waals surface area contributed by atoms with E-state index in [0.29, 0.717) is 5.92 Å². The van der Waals surface area contributed by atoms with Crippen molar-refractivity contribution in [2.45, 2.75) is 96.3 Å². The zero-order valence-corrected chi connectivity index (χ0v) is 17.3. The maximum absolute atomic E-state index is 13.1. The second-order valence-corrected chi connectivity index (χ2v) is 9.20. The highest BCUT2D eigenvalue weighted by Crippen LogP contribution is 2.39. The van der Waals surface area contributed by atoms with E-state index in [4.69, 9.17) is 0 Å². The molecule has 0 heterocycles. The number of hydrogen-bond acceptors (Lipinski definition) is 0. The Balaban J connectivity index is 1.30. The lowest BCUT2D eigenvalue weighted by atomic mass is 9.74. The predicted octanol–water partition coefficient (Wildman–Crippen LogP) is 8.43. The molecule has 1 heteroatoms. The molecule has 0 aromatic heterocycles. The van der Waals surface area contributed by atoms with E-state index in [1.165, 1.54) is 89.0 Å². The average molecular weight is 371 g/mol. The van der Waals surface area contributed by atoms with Crippen LogP contribution in [0.1, 0.15) is 102 Å². The number of unbranched alkanes of at least 4 members (excludes halogenated alkanes) is 2. The molecule has 0 saturated heterocycles. The predicted molar refractivity (Wildman–Crippen MR) is 114 cm³/mol. The van der Waals surface area contributed by atoms with E-state index in [9.17, 15) is 4.39 Å². The van der Waals surface area contributed by atoms with Crippen molar-refractivity contribution in [3.63, 3.8) is 0 Å². The molecule has 2 fully saturated rings. The standard InChI is InChI=1S/C26H39F/c1-2-3-4-5-6-21-7-9-22(10-8-21)11-12-23-13-15-24(16-14-23)25-17-19-26(27)20-18-25/h5-6,17-24H,2-4,7-16H2,1H3. The molecule has 1 aromatic rings. The summed E-state index contributed by atoms with van der Waals surface area (Å²) >= 11 is 0. The second kappa shape index (κ2) is 11.0. The summed E-state index contributed by atoms with van der Waals surface area (Å²) in [6.07, 6.45) is 22.9. The largest absolute Gasteiger partial charge is 0.207 e. The van der Waals surface area contributed by atoms with Crippen molar-refractivity contribution in [2.75, 3.05) is 0 Å². The van der Waals surface area contributed by atoms with Gasteiger partial charge in [-0.15, -0.1) is 0 Å². The van der Waals surface area contributed by atoms with Gasteiger partial charge in [0.15, 0.2) is 0 Å². The van der Waals surface area contributed by atoms with Gasteiger partial charge in [0.1, 0.15) is 5.82 Å². The van der Waals surface area contributed by atoms with Gasteiger partial charge in [-0.3, -0.25) is 0 Å². The van der Waals surface area contributed by atoms with Crippen LogP contribution >= 0.6 is 0 Å². The van der Waals surface area contributed by atoms with Crippen LogP contribution in [0.3, 0.4) is 0 Å². The number of allylic oxidation sites excluding steroid dienone is 2. The van der Waals surface area contributed by atoms with Gasteiger partial charge in [-0.25, -0.2) is 4.39 Å². The fraction of sp³-hybridized carbons (Fsp3) is 0.692. The van der Waals surface area contributed by atoms with E-state index in [1.807, 2.05) is 12.1 Å². The average Bonchev–Trinajstić information content (AvgIpc) is 2.72. The summed E-state index contributed by atoms with van der Waals surface area (Å²) in [4.78, 5) is 0. The first-order valence-corrected chi connectivity index (χ1v) is 11.7. The molecule has 27 heavy (non-hydrogen) atoms. The van der Waals surface area contributed by atoms with Crippen molar-refractivity contribution in [3.8, 4) is 0 Å². The molecular formula is C26H39F. The molecule has 0 bridgehead atoms. The highest BCUT2D eigenvalue weighted by Gasteiger charge is 2.24. The molecule has 0 N–H and O–H groups in total. The van der Waals surface area contributed by atoms with Crippen LogP contribution in [0.5, 0.6) is 0 Å². The zero-order chi connectivity index (χ0) is 18.9. The molecule has 0 amide bonds. The normalized spacial score (nSPS) is 29.3. The molecule has 0 unspecified atom stereocenters. The highest BCUT2D eigenvalue weighted by molar-refractivity contribution is 5.20. The van der Waals surface area contributed by atoms with Crippen LogP contribution in [0.4, 0.5) is 4.39 Å². The Bertz CT molecular complexity index is 542. The van der Waals surface area contributed by atoms with Crippen molar-refractivity contribution < 1.29 is 4.39 Å². The van der Waals surface area contributed by atoms with Gasteiger partial charge in [-0.2, -0.15) is 0 Å². The van der Waals surface area contributed by atoms with Crippen molar-refractivity contribution >= 4 is 0 Å². The van der Waals surface area contributed by atoms with E-state index < -0.39 is 0 Å². The third-order valence-electron chi connectivity index (χ3n) is 7.20. The van der Waals surface area contributed by atoms with E-state index in [0.717, 1.165) is 17.8 Å². The van der Waals surface area contributed by atoms with Gasteiger partial charge >= 0.3 is 0 Å². The Kier molecular flexibility index (Phi) is 8.42. The van der Waals surface area contributed by atoms with E-state index in [-0.39, 0.29) is 5.82 Å². The summed E-state index contributed by atoms with van der Waals surface area (Å²) in [5.74, 6) is 3.34. The molecule has 0 atom stereocenters. The third-order valence-corrected chi connectivity index (χ3v) is 7.20. The summed E-state index contributed by atoms with van der Waals surface area (Å²) in [5.41, 5.74) is 1.35. The fourth-order valence-electron chi connectivity index (χ4n) is 5.27. The minimum Gasteiger partial charge on any atom is -0.207 e. The molecule has 0 radical (unpaired) electrons. The van der Waals surface area contributed by atoms with Crippen molar-refractivity contribution in [1.29, 1.82) is 0 Å². The maximum Gasteiger partial charge on any atom is 0.123 e. The van der Waals surface area contributed by atoms with Gasteiger partial charge in [0.05, 0.1) is 0 Å². The van der Waals surface area contributed by atoms with Gasteiger partial charge in [0.25, 0.3) is 0 Å². The number of hydrogen-bond donors (Lipinski definition) is 0. The summed E-state index contributed by atoms with van der Waals surface area (Å²) in [6, 6.07) is 7.23. The van der Waals surface area contributed by atoms with Crippen molar-refractivity contribution in [3.05, 3.63) is 47.8 Å². The van der Waals surface area contributed by atoms with Crippen LogP contribution in [-0.2, 0) is 0 Å². The maximum atomic E-state index is 13.1. The van der Waals surface area contributed by atoms with Crippen molar-refractivity contribution in [1.82, 2.24) is 0 Å². The summed E-state index contributed by atoms with van der Waals surface area (Å²) in [6.45, 7) is 2.27. The molecular weight excluding hydrogens is 331 g/mol. The van der Waals surface area contributed by atoms with Crippen LogP contribution in [0.15, 0.2) is 36.4 Å². The lowest BCUT2D eigenvalue weighted by Crippen LogP contribution is -2.17. The van der Waals surface area contributed by atoms with Gasteiger partial charge in [0.2, 0.25) is 0 Å². The second-order valence-electron chi connectivity index (χ2n) is 9.20. The fourth-order valence-corrected chi connectivity index (χ4v) is 5.27. The molecule has 2 aliphatic rings. The first kappa shape index (κ1) is 20.6. The number of benzene rings is 1. The van der Waals surface area contributed by atoms with E-state index in [2.05, 4.69) is 19.1 Å². The molecule has 2 aliphatic carbocycles. The SMILES string of the molecule is CCCCC=CC1CCC(CCC2CCC(c3ccc(F)cc3)CC2)CC1. The molecule has 0 aliphatic heterocycles. The van der Waals surface area contributed by atoms with Crippen molar-refractivity contribution in [2.24, 2.45) is 17.8 Å². The zero-order valence-electron chi connectivity index (χ0n) is 17.3. The summed E-state index contributed by atoms with van der Waals surface area (Å²) < 4.78 is 13.1. The minimum absolute atomic E-state index is 0.112. The van der Waals surface area contributed by atoms with Crippen LogP contribution in [0, 0.1) is 23.6 Å². The molecule has 1 aromatic carbocycles. The highest BCUT2D eigenvalue weighted by atomic mass is 19.1.